The zero-order valence-corrected chi connectivity index (χ0v) is 9.68. The molecule has 0 radical (unpaired) electrons. The summed E-state index contributed by atoms with van der Waals surface area (Å²) in [4.78, 5) is 22.5. The van der Waals surface area contributed by atoms with Crippen molar-refractivity contribution in [2.45, 2.75) is 25.0 Å². The summed E-state index contributed by atoms with van der Waals surface area (Å²) >= 11 is 0. The molecule has 2 atom stereocenters. The van der Waals surface area contributed by atoms with Gasteiger partial charge < -0.3 is 25.5 Å². The molecule has 1 aromatic heterocycles. The minimum absolute atomic E-state index is 0.275. The molecule has 1 aromatic rings. The highest BCUT2D eigenvalue weighted by Crippen LogP contribution is 2.07. The molecule has 1 unspecified atom stereocenters. The first-order valence-corrected chi connectivity index (χ1v) is 5.70. The summed E-state index contributed by atoms with van der Waals surface area (Å²) in [6.07, 6.45) is 2.13. The van der Waals surface area contributed by atoms with Crippen molar-refractivity contribution in [1.29, 1.82) is 0 Å². The highest BCUT2D eigenvalue weighted by molar-refractivity contribution is 5.78. The lowest BCUT2D eigenvalue weighted by Gasteiger charge is -2.17. The van der Waals surface area contributed by atoms with Crippen LogP contribution in [0.3, 0.4) is 0 Å². The molecule has 0 aliphatic carbocycles. The number of rotatable bonds is 4. The summed E-state index contributed by atoms with van der Waals surface area (Å²) < 4.78 is 5.06. The topological polar surface area (TPSA) is 104 Å². The van der Waals surface area contributed by atoms with E-state index in [9.17, 15) is 9.59 Å². The molecule has 0 spiro atoms. The molecule has 0 aromatic carbocycles. The predicted molar refractivity (Wildman–Crippen MR) is 61.9 cm³/mol. The fraction of sp³-hybridized carbons (Fsp3) is 0.455. The molecule has 0 saturated carbocycles. The molecule has 4 N–H and O–H groups in total. The monoisotopic (exact) mass is 253 g/mol. The lowest BCUT2D eigenvalue weighted by Crippen LogP contribution is -2.50. The maximum atomic E-state index is 11.6. The van der Waals surface area contributed by atoms with Crippen LogP contribution in [0.2, 0.25) is 0 Å². The van der Waals surface area contributed by atoms with Gasteiger partial charge in [-0.25, -0.2) is 4.79 Å². The first-order valence-electron chi connectivity index (χ1n) is 5.70. The molecule has 1 aliphatic heterocycles. The molecule has 0 bridgehead atoms. The Morgan fingerprint density at radius 1 is 1.56 bits per heavy atom. The van der Waals surface area contributed by atoms with Gasteiger partial charge in [-0.1, -0.05) is 0 Å². The van der Waals surface area contributed by atoms with Crippen LogP contribution in [0.5, 0.6) is 0 Å². The standard InChI is InChI=1S/C11H15N3O4/c15-10(16)9-8(3-4-12-9)14-11(17)13-6-7-2-1-5-18-7/h1-2,5,8-9,12H,3-4,6H2,(H,15,16)(H2,13,14,17)/t8?,9-/m0/s1. The number of carboxylic acids is 1. The number of nitrogens with one attached hydrogen (secondary N) is 3. The molecule has 18 heavy (non-hydrogen) atoms. The van der Waals surface area contributed by atoms with Gasteiger partial charge >= 0.3 is 12.0 Å². The van der Waals surface area contributed by atoms with Crippen molar-refractivity contribution in [3.05, 3.63) is 24.2 Å². The second kappa shape index (κ2) is 5.54. The van der Waals surface area contributed by atoms with Gasteiger partial charge in [0.2, 0.25) is 0 Å². The predicted octanol–water partition coefficient (Wildman–Crippen LogP) is -0.106. The van der Waals surface area contributed by atoms with Crippen molar-refractivity contribution < 1.29 is 19.1 Å². The van der Waals surface area contributed by atoms with E-state index in [1.807, 2.05) is 0 Å². The number of urea groups is 1. The van der Waals surface area contributed by atoms with E-state index in [1.54, 1.807) is 12.1 Å². The van der Waals surface area contributed by atoms with Gasteiger partial charge in [-0.2, -0.15) is 0 Å². The summed E-state index contributed by atoms with van der Waals surface area (Å²) in [5.74, 6) is -0.312. The molecule has 1 saturated heterocycles. The number of hydrogen-bond acceptors (Lipinski definition) is 4. The van der Waals surface area contributed by atoms with Gasteiger partial charge in [0.25, 0.3) is 0 Å². The van der Waals surface area contributed by atoms with E-state index in [2.05, 4.69) is 16.0 Å². The number of carbonyl (C=O) groups excluding carboxylic acids is 1. The maximum Gasteiger partial charge on any atom is 0.322 e. The zero-order chi connectivity index (χ0) is 13.0. The Hall–Kier alpha value is -2.02. The van der Waals surface area contributed by atoms with Gasteiger partial charge in [-0.05, 0) is 25.1 Å². The third kappa shape index (κ3) is 3.01. The second-order valence-corrected chi connectivity index (χ2v) is 4.07. The van der Waals surface area contributed by atoms with E-state index >= 15 is 0 Å². The largest absolute Gasteiger partial charge is 0.480 e. The van der Waals surface area contributed by atoms with E-state index in [4.69, 9.17) is 9.52 Å². The molecule has 1 fully saturated rings. The van der Waals surface area contributed by atoms with Crippen molar-refractivity contribution in [2.24, 2.45) is 0 Å². The quantitative estimate of drug-likeness (QED) is 0.599. The van der Waals surface area contributed by atoms with Crippen LogP contribution in [-0.2, 0) is 11.3 Å². The smallest absolute Gasteiger partial charge is 0.322 e. The highest BCUT2D eigenvalue weighted by Gasteiger charge is 2.33. The van der Waals surface area contributed by atoms with Crippen LogP contribution < -0.4 is 16.0 Å². The van der Waals surface area contributed by atoms with Crippen LogP contribution in [0, 0.1) is 0 Å². The average Bonchev–Trinajstić information content (AvgIpc) is 2.96. The first-order chi connectivity index (χ1) is 8.66. The Labute approximate surface area is 104 Å². The van der Waals surface area contributed by atoms with Gasteiger partial charge in [0.15, 0.2) is 0 Å². The van der Waals surface area contributed by atoms with E-state index in [-0.39, 0.29) is 12.6 Å². The number of carboxylic acid groups (broad SMARTS) is 1. The Morgan fingerprint density at radius 3 is 3.06 bits per heavy atom. The number of carbonyl (C=O) groups is 2. The minimum Gasteiger partial charge on any atom is -0.480 e. The van der Waals surface area contributed by atoms with Gasteiger partial charge in [0.1, 0.15) is 11.8 Å². The zero-order valence-electron chi connectivity index (χ0n) is 9.68. The van der Waals surface area contributed by atoms with Crippen LogP contribution >= 0.6 is 0 Å². The summed E-state index contributed by atoms with van der Waals surface area (Å²) in [5.41, 5.74) is 0. The van der Waals surface area contributed by atoms with E-state index in [0.717, 1.165) is 0 Å². The Kier molecular flexibility index (Phi) is 3.83. The van der Waals surface area contributed by atoms with Crippen molar-refractivity contribution >= 4 is 12.0 Å². The van der Waals surface area contributed by atoms with Gasteiger partial charge in [0, 0.05) is 0 Å². The fourth-order valence-corrected chi connectivity index (χ4v) is 1.92. The molecule has 7 heteroatoms. The molecular formula is C11H15N3O4. The third-order valence-corrected chi connectivity index (χ3v) is 2.81. The van der Waals surface area contributed by atoms with Crippen LogP contribution in [-0.4, -0.2) is 35.7 Å². The Balaban J connectivity index is 1.78. The third-order valence-electron chi connectivity index (χ3n) is 2.81. The van der Waals surface area contributed by atoms with E-state index in [0.29, 0.717) is 18.7 Å². The van der Waals surface area contributed by atoms with Crippen LogP contribution in [0.25, 0.3) is 0 Å². The lowest BCUT2D eigenvalue weighted by atomic mass is 10.1. The van der Waals surface area contributed by atoms with Crippen LogP contribution in [0.4, 0.5) is 4.79 Å². The van der Waals surface area contributed by atoms with E-state index in [1.165, 1.54) is 6.26 Å². The number of aliphatic carboxylic acids is 1. The molecule has 98 valence electrons. The number of furan rings is 1. The summed E-state index contributed by atoms with van der Waals surface area (Å²) in [6, 6.07) is 1.97. The number of hydrogen-bond donors (Lipinski definition) is 4. The minimum atomic E-state index is -0.955. The van der Waals surface area contributed by atoms with Crippen molar-refractivity contribution in [3.8, 4) is 0 Å². The highest BCUT2D eigenvalue weighted by atomic mass is 16.4. The van der Waals surface area contributed by atoms with Crippen molar-refractivity contribution in [2.75, 3.05) is 6.54 Å². The van der Waals surface area contributed by atoms with Gasteiger partial charge in [-0.15, -0.1) is 0 Å². The Morgan fingerprint density at radius 2 is 2.39 bits per heavy atom. The lowest BCUT2D eigenvalue weighted by molar-refractivity contribution is -0.139. The normalized spacial score (nSPS) is 22.7. The molecular weight excluding hydrogens is 238 g/mol. The van der Waals surface area contributed by atoms with Crippen molar-refractivity contribution in [3.63, 3.8) is 0 Å². The maximum absolute atomic E-state index is 11.6. The molecule has 2 heterocycles. The fourth-order valence-electron chi connectivity index (χ4n) is 1.92. The summed E-state index contributed by atoms with van der Waals surface area (Å²) in [6.45, 7) is 0.858. The van der Waals surface area contributed by atoms with E-state index < -0.39 is 18.0 Å². The summed E-state index contributed by atoms with van der Waals surface area (Å²) in [7, 11) is 0. The molecule has 1 aliphatic rings. The molecule has 2 rings (SSSR count). The second-order valence-electron chi connectivity index (χ2n) is 4.07. The van der Waals surface area contributed by atoms with Gasteiger partial charge in [-0.3, -0.25) is 4.79 Å². The average molecular weight is 253 g/mol. The molecule has 2 amide bonds. The SMILES string of the molecule is O=C(NCc1ccco1)NC1CCN[C@@H]1C(=O)O. The Bertz CT molecular complexity index is 418. The first kappa shape index (κ1) is 12.4. The number of amides is 2. The van der Waals surface area contributed by atoms with Crippen LogP contribution in [0.1, 0.15) is 12.2 Å². The molecule has 7 nitrogen and oxygen atoms in total. The van der Waals surface area contributed by atoms with Crippen LogP contribution in [0.15, 0.2) is 22.8 Å². The van der Waals surface area contributed by atoms with Crippen molar-refractivity contribution in [1.82, 2.24) is 16.0 Å². The summed E-state index contributed by atoms with van der Waals surface area (Å²) in [5, 5.41) is 17.0. The van der Waals surface area contributed by atoms with Gasteiger partial charge in [0.05, 0.1) is 18.8 Å².